The lowest BCUT2D eigenvalue weighted by atomic mass is 10.0. The van der Waals surface area contributed by atoms with Gasteiger partial charge in [0.15, 0.2) is 5.78 Å². The second kappa shape index (κ2) is 9.13. The molecule has 0 spiro atoms. The fraction of sp³-hybridized carbons (Fsp3) is 0.174. The maximum atomic E-state index is 12.3. The van der Waals surface area contributed by atoms with Gasteiger partial charge >= 0.3 is 0 Å². The molecule has 3 aromatic rings. The minimum atomic E-state index is -0.0692. The molecule has 3 rings (SSSR count). The van der Waals surface area contributed by atoms with E-state index in [0.29, 0.717) is 38.8 Å². The summed E-state index contributed by atoms with van der Waals surface area (Å²) in [5.74, 6) is 2.19. The number of allylic oxidation sites excluding steroid dienone is 1. The molecule has 0 aliphatic heterocycles. The molecule has 2 aromatic carbocycles. The molecule has 1 heterocycles. The van der Waals surface area contributed by atoms with Gasteiger partial charge in [0.1, 0.15) is 23.9 Å². The van der Waals surface area contributed by atoms with Crippen LogP contribution in [0.15, 0.2) is 65.1 Å². The van der Waals surface area contributed by atoms with E-state index < -0.39 is 0 Å². The van der Waals surface area contributed by atoms with Gasteiger partial charge in [0.05, 0.1) is 10.0 Å². The maximum absolute atomic E-state index is 12.3. The fourth-order valence-corrected chi connectivity index (χ4v) is 2.86. The number of carbonyl (C=O) groups excluding carboxylic acids is 1. The first-order chi connectivity index (χ1) is 13.4. The summed E-state index contributed by atoms with van der Waals surface area (Å²) >= 11 is 11.9. The summed E-state index contributed by atoms with van der Waals surface area (Å²) in [5.41, 5.74) is 1.86. The average Bonchev–Trinajstić information content (AvgIpc) is 3.15. The Morgan fingerprint density at radius 2 is 1.79 bits per heavy atom. The Labute approximate surface area is 174 Å². The lowest BCUT2D eigenvalue weighted by Crippen LogP contribution is -1.95. The zero-order valence-corrected chi connectivity index (χ0v) is 17.1. The van der Waals surface area contributed by atoms with Crippen LogP contribution in [-0.4, -0.2) is 5.78 Å². The first kappa shape index (κ1) is 20.2. The van der Waals surface area contributed by atoms with Crippen molar-refractivity contribution < 1.29 is 13.9 Å². The largest absolute Gasteiger partial charge is 0.486 e. The molecule has 0 aliphatic carbocycles. The Balaban J connectivity index is 1.58. The van der Waals surface area contributed by atoms with Crippen molar-refractivity contribution in [1.82, 2.24) is 0 Å². The van der Waals surface area contributed by atoms with Crippen LogP contribution in [0.1, 0.15) is 47.2 Å². The van der Waals surface area contributed by atoms with Crippen LogP contribution in [0.4, 0.5) is 0 Å². The van der Waals surface area contributed by atoms with Gasteiger partial charge in [-0.1, -0.05) is 61.3 Å². The molecule has 0 amide bonds. The predicted octanol–water partition coefficient (Wildman–Crippen LogP) is 7.18. The Hall–Kier alpha value is -2.49. The van der Waals surface area contributed by atoms with E-state index in [9.17, 15) is 4.79 Å². The van der Waals surface area contributed by atoms with Crippen LogP contribution >= 0.6 is 23.2 Å². The molecule has 0 aliphatic rings. The van der Waals surface area contributed by atoms with Crippen LogP contribution < -0.4 is 4.74 Å². The summed E-state index contributed by atoms with van der Waals surface area (Å²) in [7, 11) is 0. The Morgan fingerprint density at radius 3 is 2.46 bits per heavy atom. The number of rotatable bonds is 7. The van der Waals surface area contributed by atoms with Crippen LogP contribution in [0.2, 0.25) is 10.0 Å². The lowest BCUT2D eigenvalue weighted by Gasteiger charge is -2.05. The molecular weight excluding hydrogens is 395 g/mol. The molecule has 0 saturated carbocycles. The zero-order valence-electron chi connectivity index (χ0n) is 15.6. The molecule has 28 heavy (non-hydrogen) atoms. The van der Waals surface area contributed by atoms with E-state index in [0.717, 1.165) is 0 Å². The minimum absolute atomic E-state index is 0.0692. The molecule has 1 aromatic heterocycles. The van der Waals surface area contributed by atoms with E-state index in [-0.39, 0.29) is 12.4 Å². The van der Waals surface area contributed by atoms with Gasteiger partial charge in [0.2, 0.25) is 0 Å². The monoisotopic (exact) mass is 414 g/mol. The van der Waals surface area contributed by atoms with Gasteiger partial charge in [-0.05, 0) is 47.9 Å². The van der Waals surface area contributed by atoms with Crippen molar-refractivity contribution in [3.05, 3.63) is 93.4 Å². The summed E-state index contributed by atoms with van der Waals surface area (Å²) in [6.07, 6.45) is 3.16. The second-order valence-corrected chi connectivity index (χ2v) is 7.46. The zero-order chi connectivity index (χ0) is 20.1. The number of hydrogen-bond acceptors (Lipinski definition) is 3. The smallest absolute Gasteiger partial charge is 0.185 e. The Kier molecular flexibility index (Phi) is 6.61. The van der Waals surface area contributed by atoms with Crippen molar-refractivity contribution in [1.29, 1.82) is 0 Å². The van der Waals surface area contributed by atoms with E-state index >= 15 is 0 Å². The van der Waals surface area contributed by atoms with Crippen molar-refractivity contribution in [2.45, 2.75) is 26.4 Å². The summed E-state index contributed by atoms with van der Waals surface area (Å²) in [6.45, 7) is 4.49. The van der Waals surface area contributed by atoms with Gasteiger partial charge in [0.25, 0.3) is 0 Å². The van der Waals surface area contributed by atoms with Crippen molar-refractivity contribution in [2.75, 3.05) is 0 Å². The van der Waals surface area contributed by atoms with Gasteiger partial charge in [-0.15, -0.1) is 0 Å². The molecule has 0 N–H and O–H groups in total. The topological polar surface area (TPSA) is 39.4 Å². The molecule has 0 saturated heterocycles. The third kappa shape index (κ3) is 5.28. The number of hydrogen-bond donors (Lipinski definition) is 0. The molecule has 144 valence electrons. The van der Waals surface area contributed by atoms with Crippen molar-refractivity contribution >= 4 is 35.1 Å². The van der Waals surface area contributed by atoms with Crippen molar-refractivity contribution in [2.24, 2.45) is 0 Å². The third-order valence-corrected chi connectivity index (χ3v) is 4.95. The van der Waals surface area contributed by atoms with Gasteiger partial charge in [-0.3, -0.25) is 4.79 Å². The minimum Gasteiger partial charge on any atom is -0.486 e. The normalized spacial score (nSPS) is 11.3. The number of halogens is 2. The van der Waals surface area contributed by atoms with Crippen molar-refractivity contribution in [3.63, 3.8) is 0 Å². The average molecular weight is 415 g/mol. The third-order valence-electron chi connectivity index (χ3n) is 4.22. The van der Waals surface area contributed by atoms with E-state index in [1.165, 1.54) is 11.6 Å². The molecule has 0 radical (unpaired) electrons. The van der Waals surface area contributed by atoms with Gasteiger partial charge < -0.3 is 9.15 Å². The predicted molar refractivity (Wildman–Crippen MR) is 113 cm³/mol. The lowest BCUT2D eigenvalue weighted by molar-refractivity contribution is 0.104. The highest BCUT2D eigenvalue weighted by atomic mass is 35.5. The Bertz CT molecular complexity index is 985. The van der Waals surface area contributed by atoms with Crippen LogP contribution in [0.3, 0.4) is 0 Å². The standard InChI is InChI=1S/C23H20Cl2O3/c1-15(2)16-3-5-17(6-4-16)23(26)12-10-18-7-8-20(28-18)14-27-19-9-11-21(24)22(25)13-19/h3-13,15H,14H2,1-2H3/b12-10+. The highest BCUT2D eigenvalue weighted by Crippen LogP contribution is 2.27. The maximum Gasteiger partial charge on any atom is 0.185 e. The van der Waals surface area contributed by atoms with E-state index in [1.54, 1.807) is 36.4 Å². The molecular formula is C23H20Cl2O3. The summed E-state index contributed by atoms with van der Waals surface area (Å²) in [5, 5.41) is 0.908. The molecule has 0 bridgehead atoms. The number of ether oxygens (including phenoxy) is 1. The number of carbonyl (C=O) groups is 1. The summed E-state index contributed by atoms with van der Waals surface area (Å²) < 4.78 is 11.3. The Morgan fingerprint density at radius 1 is 1.04 bits per heavy atom. The van der Waals surface area contributed by atoms with Crippen LogP contribution in [0.5, 0.6) is 5.75 Å². The first-order valence-corrected chi connectivity index (χ1v) is 9.67. The van der Waals surface area contributed by atoms with Gasteiger partial charge in [-0.25, -0.2) is 0 Å². The SMILES string of the molecule is CC(C)c1ccc(C(=O)/C=C/c2ccc(COc3ccc(Cl)c(Cl)c3)o2)cc1. The van der Waals surface area contributed by atoms with Gasteiger partial charge in [0, 0.05) is 11.6 Å². The molecule has 5 heteroatoms. The number of ketones is 1. The fourth-order valence-electron chi connectivity index (χ4n) is 2.57. The highest BCUT2D eigenvalue weighted by Gasteiger charge is 2.06. The first-order valence-electron chi connectivity index (χ1n) is 8.91. The van der Waals surface area contributed by atoms with E-state index in [1.807, 2.05) is 24.3 Å². The van der Waals surface area contributed by atoms with Crippen LogP contribution in [0.25, 0.3) is 6.08 Å². The van der Waals surface area contributed by atoms with Crippen molar-refractivity contribution in [3.8, 4) is 5.75 Å². The van der Waals surface area contributed by atoms with E-state index in [2.05, 4.69) is 13.8 Å². The summed E-state index contributed by atoms with van der Waals surface area (Å²) in [4.78, 5) is 12.3. The van der Waals surface area contributed by atoms with Crippen LogP contribution in [0, 0.1) is 0 Å². The molecule has 0 unspecified atom stereocenters. The molecule has 0 atom stereocenters. The molecule has 3 nitrogen and oxygen atoms in total. The quantitative estimate of drug-likeness (QED) is 0.303. The molecule has 0 fully saturated rings. The number of furan rings is 1. The van der Waals surface area contributed by atoms with E-state index in [4.69, 9.17) is 32.4 Å². The number of benzene rings is 2. The van der Waals surface area contributed by atoms with Crippen LogP contribution in [-0.2, 0) is 6.61 Å². The second-order valence-electron chi connectivity index (χ2n) is 6.64. The summed E-state index contributed by atoms with van der Waals surface area (Å²) in [6, 6.07) is 16.3. The highest BCUT2D eigenvalue weighted by molar-refractivity contribution is 6.42. The van der Waals surface area contributed by atoms with Gasteiger partial charge in [-0.2, -0.15) is 0 Å².